The summed E-state index contributed by atoms with van der Waals surface area (Å²) in [6, 6.07) is 7.27. The molecule has 2 atom stereocenters. The minimum absolute atomic E-state index is 0.390. The fraction of sp³-hybridized carbons (Fsp3) is 0.724. The van der Waals surface area contributed by atoms with Crippen LogP contribution in [0.4, 0.5) is 9.59 Å². The van der Waals surface area contributed by atoms with Crippen molar-refractivity contribution in [3.8, 4) is 5.75 Å². The number of carbonyl (C=O) groups excluding carboxylic acids is 2. The van der Waals surface area contributed by atoms with E-state index in [9.17, 15) is 9.59 Å². The second-order valence-corrected chi connectivity index (χ2v) is 10.6. The second kappa shape index (κ2) is 15.2. The van der Waals surface area contributed by atoms with Crippen molar-refractivity contribution in [2.45, 2.75) is 117 Å². The normalized spacial score (nSPS) is 23.9. The highest BCUT2D eigenvalue weighted by molar-refractivity contribution is 5.61. The van der Waals surface area contributed by atoms with Crippen molar-refractivity contribution in [2.24, 2.45) is 11.8 Å². The maximum Gasteiger partial charge on any atom is 0.511 e. The van der Waals surface area contributed by atoms with Gasteiger partial charge in [-0.2, -0.15) is 0 Å². The number of ether oxygens (including phenoxy) is 7. The van der Waals surface area contributed by atoms with E-state index >= 15 is 0 Å². The third-order valence-electron chi connectivity index (χ3n) is 6.67. The number of carbonyl (C=O) groups is 2. The van der Waals surface area contributed by atoms with Crippen LogP contribution in [0.15, 0.2) is 24.3 Å². The molecule has 1 saturated heterocycles. The van der Waals surface area contributed by atoms with Crippen LogP contribution in [-0.2, 0) is 28.4 Å². The molecule has 1 aliphatic carbocycles. The molecule has 2 fully saturated rings. The zero-order chi connectivity index (χ0) is 27.5. The molecule has 9 nitrogen and oxygen atoms in total. The molecule has 3 rings (SSSR count). The summed E-state index contributed by atoms with van der Waals surface area (Å²) >= 11 is 0. The Labute approximate surface area is 226 Å². The molecular weight excluding hydrogens is 492 g/mol. The summed E-state index contributed by atoms with van der Waals surface area (Å²) < 4.78 is 37.8. The van der Waals surface area contributed by atoms with Gasteiger partial charge in [0.2, 0.25) is 0 Å². The van der Waals surface area contributed by atoms with Gasteiger partial charge in [0.15, 0.2) is 6.29 Å². The Balaban J connectivity index is 1.47. The lowest BCUT2D eigenvalue weighted by Crippen LogP contribution is -2.34. The first-order valence-corrected chi connectivity index (χ1v) is 14.0. The van der Waals surface area contributed by atoms with Crippen LogP contribution in [0, 0.1) is 11.8 Å². The first-order valence-electron chi connectivity index (χ1n) is 14.0. The average Bonchev–Trinajstić information content (AvgIpc) is 3.24. The van der Waals surface area contributed by atoms with Crippen LogP contribution >= 0.6 is 0 Å². The van der Waals surface area contributed by atoms with Gasteiger partial charge in [0.1, 0.15) is 5.75 Å². The maximum atomic E-state index is 12.0. The van der Waals surface area contributed by atoms with Gasteiger partial charge in [0.05, 0.1) is 18.8 Å². The van der Waals surface area contributed by atoms with Crippen LogP contribution in [-0.4, -0.2) is 43.7 Å². The molecule has 1 heterocycles. The van der Waals surface area contributed by atoms with E-state index in [1.807, 2.05) is 12.1 Å². The van der Waals surface area contributed by atoms with Gasteiger partial charge in [-0.15, -0.1) is 0 Å². The van der Waals surface area contributed by atoms with Crippen LogP contribution in [0.1, 0.15) is 97.8 Å². The smallest absolute Gasteiger partial charge is 0.494 e. The first kappa shape index (κ1) is 30.0. The predicted molar refractivity (Wildman–Crippen MR) is 139 cm³/mol. The highest BCUT2D eigenvalue weighted by Crippen LogP contribution is 2.35. The van der Waals surface area contributed by atoms with Gasteiger partial charge in [0, 0.05) is 5.56 Å². The maximum absolute atomic E-state index is 12.0. The van der Waals surface area contributed by atoms with Crippen LogP contribution in [0.3, 0.4) is 0 Å². The SMILES string of the molecule is CCC[C@H]1CC[C@H](CCCOc2ccc(C3O[C@H](OC(=O)OC(C)C)[C@@H](OC(=O)OC(C)C)O3)cc2)CC1. The molecule has 38 heavy (non-hydrogen) atoms. The van der Waals surface area contributed by atoms with Crippen LogP contribution in [0.25, 0.3) is 0 Å². The molecule has 0 bridgehead atoms. The lowest BCUT2D eigenvalue weighted by Gasteiger charge is -2.28. The monoisotopic (exact) mass is 536 g/mol. The van der Waals surface area contributed by atoms with E-state index < -0.39 is 31.2 Å². The standard InChI is InChI=1S/C29H44O9/c1-6-8-21-10-12-22(13-11-21)9-7-18-32-24-16-14-23(15-17-24)25-35-26(37-28(30)33-19(2)3)27(36-25)38-29(31)34-20(4)5/h14-17,19-22,25-27H,6-13,18H2,1-5H3/t21-,22-,26-,27-/m1/s1. The van der Waals surface area contributed by atoms with Crippen LogP contribution < -0.4 is 4.74 Å². The van der Waals surface area contributed by atoms with Crippen molar-refractivity contribution in [1.29, 1.82) is 0 Å². The largest absolute Gasteiger partial charge is 0.511 e. The molecule has 1 saturated carbocycles. The van der Waals surface area contributed by atoms with Crippen molar-refractivity contribution in [2.75, 3.05) is 6.61 Å². The fourth-order valence-electron chi connectivity index (χ4n) is 4.86. The zero-order valence-electron chi connectivity index (χ0n) is 23.4. The highest BCUT2D eigenvalue weighted by Gasteiger charge is 2.43. The van der Waals surface area contributed by atoms with E-state index in [1.54, 1.807) is 39.8 Å². The summed E-state index contributed by atoms with van der Waals surface area (Å²) in [5.74, 6) is 2.51. The first-order chi connectivity index (χ1) is 18.2. The quantitative estimate of drug-likeness (QED) is 0.202. The predicted octanol–water partition coefficient (Wildman–Crippen LogP) is 7.27. The highest BCUT2D eigenvalue weighted by atomic mass is 16.9. The van der Waals surface area contributed by atoms with Crippen LogP contribution in [0.5, 0.6) is 5.75 Å². The Morgan fingerprint density at radius 1 is 0.816 bits per heavy atom. The second-order valence-electron chi connectivity index (χ2n) is 10.6. The minimum Gasteiger partial charge on any atom is -0.494 e. The van der Waals surface area contributed by atoms with Gasteiger partial charge in [-0.05, 0) is 64.5 Å². The summed E-state index contributed by atoms with van der Waals surface area (Å²) in [5, 5.41) is 0. The van der Waals surface area contributed by atoms with Gasteiger partial charge in [-0.3, -0.25) is 0 Å². The van der Waals surface area contributed by atoms with Gasteiger partial charge in [-0.25, -0.2) is 9.59 Å². The average molecular weight is 537 g/mol. The summed E-state index contributed by atoms with van der Waals surface area (Å²) in [4.78, 5) is 24.0. The van der Waals surface area contributed by atoms with Crippen LogP contribution in [0.2, 0.25) is 0 Å². The van der Waals surface area contributed by atoms with Crippen molar-refractivity contribution < 1.29 is 42.7 Å². The molecule has 1 aromatic rings. The van der Waals surface area contributed by atoms with E-state index in [0.717, 1.165) is 24.0 Å². The Bertz CT molecular complexity index is 814. The van der Waals surface area contributed by atoms with Crippen molar-refractivity contribution in [1.82, 2.24) is 0 Å². The van der Waals surface area contributed by atoms with E-state index in [4.69, 9.17) is 33.2 Å². The van der Waals surface area contributed by atoms with E-state index in [0.29, 0.717) is 12.2 Å². The molecule has 214 valence electrons. The molecule has 0 amide bonds. The van der Waals surface area contributed by atoms with Crippen molar-refractivity contribution in [3.05, 3.63) is 29.8 Å². The summed E-state index contributed by atoms with van der Waals surface area (Å²) in [6.45, 7) is 9.70. The zero-order valence-corrected chi connectivity index (χ0v) is 23.4. The third kappa shape index (κ3) is 9.98. The number of rotatable bonds is 12. The van der Waals surface area contributed by atoms with Gasteiger partial charge < -0.3 is 33.2 Å². The molecule has 0 aromatic heterocycles. The Kier molecular flexibility index (Phi) is 12.0. The lowest BCUT2D eigenvalue weighted by molar-refractivity contribution is -0.163. The topological polar surface area (TPSA) is 98.8 Å². The molecule has 0 spiro atoms. The number of hydrogen-bond donors (Lipinski definition) is 0. The molecule has 0 radical (unpaired) electrons. The van der Waals surface area contributed by atoms with Crippen molar-refractivity contribution in [3.63, 3.8) is 0 Å². The molecule has 0 unspecified atom stereocenters. The summed E-state index contributed by atoms with van der Waals surface area (Å²) in [7, 11) is 0. The number of hydrogen-bond acceptors (Lipinski definition) is 9. The minimum atomic E-state index is -1.32. The van der Waals surface area contributed by atoms with E-state index in [-0.39, 0.29) is 12.2 Å². The fourth-order valence-corrected chi connectivity index (χ4v) is 4.86. The number of benzene rings is 1. The molecule has 2 aliphatic rings. The van der Waals surface area contributed by atoms with Crippen molar-refractivity contribution >= 4 is 12.3 Å². The molecule has 9 heteroatoms. The molecular formula is C29H44O9. The lowest BCUT2D eigenvalue weighted by atomic mass is 9.78. The third-order valence-corrected chi connectivity index (χ3v) is 6.67. The Morgan fingerprint density at radius 3 is 1.79 bits per heavy atom. The molecule has 0 N–H and O–H groups in total. The van der Waals surface area contributed by atoms with E-state index in [2.05, 4.69) is 6.92 Å². The van der Waals surface area contributed by atoms with Gasteiger partial charge >= 0.3 is 12.3 Å². The van der Waals surface area contributed by atoms with E-state index in [1.165, 1.54) is 44.9 Å². The van der Waals surface area contributed by atoms with Gasteiger partial charge in [-0.1, -0.05) is 57.6 Å². The summed E-state index contributed by atoms with van der Waals surface area (Å²) in [6.07, 6.45) is 4.10. The Hall–Kier alpha value is -2.52. The summed E-state index contributed by atoms with van der Waals surface area (Å²) in [5.41, 5.74) is 0.648. The van der Waals surface area contributed by atoms with Gasteiger partial charge in [0.25, 0.3) is 12.6 Å². The molecule has 1 aliphatic heterocycles. The Morgan fingerprint density at radius 2 is 1.32 bits per heavy atom. The molecule has 1 aromatic carbocycles.